The number of amides is 2. The van der Waals surface area contributed by atoms with Crippen molar-refractivity contribution < 1.29 is 19.2 Å². The number of urea groups is 1. The predicted octanol–water partition coefficient (Wildman–Crippen LogP) is 0.433. The van der Waals surface area contributed by atoms with E-state index in [-0.39, 0.29) is 12.6 Å². The third kappa shape index (κ3) is 2.55. The minimum absolute atomic E-state index is 0.210. The molecular weight excluding hydrogens is 226 g/mol. The van der Waals surface area contributed by atoms with E-state index in [4.69, 9.17) is 9.63 Å². The minimum atomic E-state index is -0.961. The second-order valence-corrected chi connectivity index (χ2v) is 3.83. The van der Waals surface area contributed by atoms with Gasteiger partial charge in [0.05, 0.1) is 12.7 Å². The fourth-order valence-corrected chi connectivity index (χ4v) is 1.86. The summed E-state index contributed by atoms with van der Waals surface area (Å²) in [6.45, 7) is 0.681. The zero-order chi connectivity index (χ0) is 12.3. The van der Waals surface area contributed by atoms with Crippen LogP contribution in [0.2, 0.25) is 0 Å². The van der Waals surface area contributed by atoms with E-state index < -0.39 is 12.0 Å². The fourth-order valence-electron chi connectivity index (χ4n) is 1.86. The highest BCUT2D eigenvalue weighted by molar-refractivity contribution is 5.83. The Hall–Kier alpha value is -2.05. The minimum Gasteiger partial charge on any atom is -0.480 e. The van der Waals surface area contributed by atoms with Crippen molar-refractivity contribution in [1.29, 1.82) is 0 Å². The number of nitrogens with zero attached hydrogens (tertiary/aromatic N) is 2. The molecule has 0 radical (unpaired) electrons. The van der Waals surface area contributed by atoms with Gasteiger partial charge >= 0.3 is 12.0 Å². The summed E-state index contributed by atoms with van der Waals surface area (Å²) in [6.07, 6.45) is 2.70. The zero-order valence-corrected chi connectivity index (χ0v) is 9.13. The smallest absolute Gasteiger partial charge is 0.326 e. The molecule has 1 aromatic heterocycles. The van der Waals surface area contributed by atoms with Crippen molar-refractivity contribution in [3.8, 4) is 0 Å². The molecule has 1 aromatic rings. The average molecular weight is 239 g/mol. The van der Waals surface area contributed by atoms with Crippen LogP contribution in [0, 0.1) is 0 Å². The Morgan fingerprint density at radius 1 is 1.65 bits per heavy atom. The lowest BCUT2D eigenvalue weighted by Crippen LogP contribution is -2.45. The number of carboxylic acids is 1. The lowest BCUT2D eigenvalue weighted by molar-refractivity contribution is -0.141. The molecule has 1 saturated heterocycles. The van der Waals surface area contributed by atoms with E-state index in [2.05, 4.69) is 10.5 Å². The molecule has 92 valence electrons. The van der Waals surface area contributed by atoms with Gasteiger partial charge in [0.25, 0.3) is 0 Å². The van der Waals surface area contributed by atoms with Crippen molar-refractivity contribution in [2.75, 3.05) is 6.54 Å². The van der Waals surface area contributed by atoms with Gasteiger partial charge in [0.2, 0.25) is 0 Å². The molecule has 1 fully saturated rings. The summed E-state index contributed by atoms with van der Waals surface area (Å²) >= 11 is 0. The summed E-state index contributed by atoms with van der Waals surface area (Å²) in [5.74, 6) is -0.429. The van der Waals surface area contributed by atoms with Crippen LogP contribution in [0.3, 0.4) is 0 Å². The highest BCUT2D eigenvalue weighted by atomic mass is 16.5. The monoisotopic (exact) mass is 239 g/mol. The summed E-state index contributed by atoms with van der Waals surface area (Å²) in [5, 5.41) is 15.0. The summed E-state index contributed by atoms with van der Waals surface area (Å²) in [5.41, 5.74) is 0. The van der Waals surface area contributed by atoms with Gasteiger partial charge in [-0.2, -0.15) is 0 Å². The quantitative estimate of drug-likeness (QED) is 0.797. The predicted molar refractivity (Wildman–Crippen MR) is 56.1 cm³/mol. The van der Waals surface area contributed by atoms with Crippen LogP contribution in [-0.4, -0.2) is 39.8 Å². The Kier molecular flexibility index (Phi) is 3.27. The number of carbonyl (C=O) groups excluding carboxylic acids is 1. The van der Waals surface area contributed by atoms with Crippen LogP contribution < -0.4 is 5.32 Å². The molecule has 0 aliphatic carbocycles. The van der Waals surface area contributed by atoms with Gasteiger partial charge < -0.3 is 19.8 Å². The SMILES string of the molecule is O=C(O)[C@@H]1CCCN1C(=O)NCc1ccno1. The van der Waals surface area contributed by atoms with Crippen molar-refractivity contribution in [3.05, 3.63) is 18.0 Å². The molecule has 2 rings (SSSR count). The normalized spacial score (nSPS) is 19.3. The topological polar surface area (TPSA) is 95.7 Å². The molecule has 7 nitrogen and oxygen atoms in total. The van der Waals surface area contributed by atoms with Gasteiger partial charge in [-0.3, -0.25) is 0 Å². The average Bonchev–Trinajstić information content (AvgIpc) is 2.96. The molecule has 0 saturated carbocycles. The summed E-state index contributed by atoms with van der Waals surface area (Å²) < 4.78 is 4.82. The van der Waals surface area contributed by atoms with Crippen LogP contribution in [0.5, 0.6) is 0 Å². The summed E-state index contributed by atoms with van der Waals surface area (Å²) in [6, 6.07) is 0.537. The van der Waals surface area contributed by atoms with Gasteiger partial charge in [0.1, 0.15) is 6.04 Å². The highest BCUT2D eigenvalue weighted by Crippen LogP contribution is 2.17. The van der Waals surface area contributed by atoms with Gasteiger partial charge in [-0.25, -0.2) is 9.59 Å². The second kappa shape index (κ2) is 4.86. The molecule has 0 aromatic carbocycles. The van der Waals surface area contributed by atoms with Crippen LogP contribution in [-0.2, 0) is 11.3 Å². The number of hydrogen-bond donors (Lipinski definition) is 2. The van der Waals surface area contributed by atoms with Crippen molar-refractivity contribution in [1.82, 2.24) is 15.4 Å². The molecule has 0 bridgehead atoms. The first-order valence-corrected chi connectivity index (χ1v) is 5.35. The van der Waals surface area contributed by atoms with E-state index in [0.717, 1.165) is 0 Å². The van der Waals surface area contributed by atoms with Crippen molar-refractivity contribution in [3.63, 3.8) is 0 Å². The number of aliphatic carboxylic acids is 1. The molecule has 7 heteroatoms. The molecule has 2 N–H and O–H groups in total. The van der Waals surface area contributed by atoms with Crippen LogP contribution in [0.1, 0.15) is 18.6 Å². The molecule has 2 amide bonds. The standard InChI is InChI=1S/C10H13N3O4/c14-9(15)8-2-1-5-13(8)10(16)11-6-7-3-4-12-17-7/h3-4,8H,1-2,5-6H2,(H,11,16)(H,14,15)/t8-/m0/s1. The first-order valence-electron chi connectivity index (χ1n) is 5.35. The van der Waals surface area contributed by atoms with Crippen LogP contribution >= 0.6 is 0 Å². The van der Waals surface area contributed by atoms with Crippen molar-refractivity contribution >= 4 is 12.0 Å². The van der Waals surface area contributed by atoms with Crippen molar-refractivity contribution in [2.45, 2.75) is 25.4 Å². The molecular formula is C10H13N3O4. The van der Waals surface area contributed by atoms with E-state index in [0.29, 0.717) is 25.1 Å². The fraction of sp³-hybridized carbons (Fsp3) is 0.500. The Bertz CT molecular complexity index is 404. The Morgan fingerprint density at radius 3 is 3.12 bits per heavy atom. The van der Waals surface area contributed by atoms with Gasteiger partial charge in [0, 0.05) is 12.6 Å². The van der Waals surface area contributed by atoms with E-state index in [1.807, 2.05) is 0 Å². The molecule has 1 aliphatic rings. The van der Waals surface area contributed by atoms with Crippen LogP contribution in [0.15, 0.2) is 16.8 Å². The number of hydrogen-bond acceptors (Lipinski definition) is 4. The highest BCUT2D eigenvalue weighted by Gasteiger charge is 2.33. The Morgan fingerprint density at radius 2 is 2.47 bits per heavy atom. The van der Waals surface area contributed by atoms with Gasteiger partial charge in [-0.05, 0) is 12.8 Å². The maximum Gasteiger partial charge on any atom is 0.326 e. The first-order chi connectivity index (χ1) is 8.18. The number of likely N-dealkylation sites (tertiary alicyclic amines) is 1. The molecule has 0 unspecified atom stereocenters. The third-order valence-electron chi connectivity index (χ3n) is 2.70. The first kappa shape index (κ1) is 11.4. The van der Waals surface area contributed by atoms with E-state index in [1.165, 1.54) is 11.1 Å². The second-order valence-electron chi connectivity index (χ2n) is 3.83. The number of carboxylic acid groups (broad SMARTS) is 1. The van der Waals surface area contributed by atoms with Crippen LogP contribution in [0.4, 0.5) is 4.79 Å². The van der Waals surface area contributed by atoms with E-state index >= 15 is 0 Å². The molecule has 1 atom stereocenters. The molecule has 17 heavy (non-hydrogen) atoms. The Labute approximate surface area is 97.4 Å². The molecule has 0 spiro atoms. The largest absolute Gasteiger partial charge is 0.480 e. The van der Waals surface area contributed by atoms with E-state index in [1.54, 1.807) is 6.07 Å². The zero-order valence-electron chi connectivity index (χ0n) is 9.13. The number of aromatic nitrogens is 1. The number of rotatable bonds is 3. The number of carbonyl (C=O) groups is 2. The van der Waals surface area contributed by atoms with Gasteiger partial charge in [-0.15, -0.1) is 0 Å². The maximum atomic E-state index is 11.7. The maximum absolute atomic E-state index is 11.7. The van der Waals surface area contributed by atoms with Crippen molar-refractivity contribution in [2.24, 2.45) is 0 Å². The molecule has 2 heterocycles. The molecule has 1 aliphatic heterocycles. The number of nitrogens with one attached hydrogen (secondary N) is 1. The third-order valence-corrected chi connectivity index (χ3v) is 2.70. The Balaban J connectivity index is 1.89. The summed E-state index contributed by atoms with van der Waals surface area (Å²) in [4.78, 5) is 24.0. The lowest BCUT2D eigenvalue weighted by Gasteiger charge is -2.21. The van der Waals surface area contributed by atoms with E-state index in [9.17, 15) is 9.59 Å². The lowest BCUT2D eigenvalue weighted by atomic mass is 10.2. The van der Waals surface area contributed by atoms with Gasteiger partial charge in [0.15, 0.2) is 5.76 Å². The van der Waals surface area contributed by atoms with Gasteiger partial charge in [-0.1, -0.05) is 5.16 Å². The summed E-state index contributed by atoms with van der Waals surface area (Å²) in [7, 11) is 0. The van der Waals surface area contributed by atoms with Crippen LogP contribution in [0.25, 0.3) is 0 Å².